The van der Waals surface area contributed by atoms with Gasteiger partial charge in [-0.2, -0.15) is 0 Å². The molecule has 0 amide bonds. The minimum atomic E-state index is -0.358. The van der Waals surface area contributed by atoms with Crippen LogP contribution in [0.25, 0.3) is 0 Å². The van der Waals surface area contributed by atoms with Crippen LogP contribution < -0.4 is 4.74 Å². The summed E-state index contributed by atoms with van der Waals surface area (Å²) >= 11 is 10.4. The minimum absolute atomic E-state index is 0.358. The Morgan fingerprint density at radius 2 is 1.81 bits per heavy atom. The summed E-state index contributed by atoms with van der Waals surface area (Å²) < 4.78 is 12.3. The van der Waals surface area contributed by atoms with Gasteiger partial charge in [-0.3, -0.25) is 0 Å². The summed E-state index contributed by atoms with van der Waals surface area (Å²) in [6.45, 7) is 0.378. The summed E-state index contributed by atoms with van der Waals surface area (Å²) in [4.78, 5) is 11.6. The van der Waals surface area contributed by atoms with Crippen molar-refractivity contribution < 1.29 is 14.3 Å². The zero-order chi connectivity index (χ0) is 15.4. The van der Waals surface area contributed by atoms with E-state index < -0.39 is 0 Å². The van der Waals surface area contributed by atoms with Gasteiger partial charge in [0.1, 0.15) is 12.4 Å². The molecule has 2 aromatic rings. The average Bonchev–Trinajstić information content (AvgIpc) is 2.47. The Hall–Kier alpha value is -0.540. The van der Waals surface area contributed by atoms with Gasteiger partial charge in [-0.15, -0.1) is 0 Å². The molecule has 2 aromatic carbocycles. The molecule has 6 heteroatoms. The first kappa shape index (κ1) is 16.8. The third kappa shape index (κ3) is 4.23. The van der Waals surface area contributed by atoms with Gasteiger partial charge < -0.3 is 9.47 Å². The standard InChI is InChI=1S/C15H11ClI2O3/c1-20-15(19)10-6-12(17)14(13(18)7-10)21-8-9-4-2-3-5-11(9)16/h2-7H,8H2,1H3. The maximum absolute atomic E-state index is 11.6. The third-order valence-electron chi connectivity index (χ3n) is 2.75. The first-order chi connectivity index (χ1) is 10.0. The van der Waals surface area contributed by atoms with Gasteiger partial charge in [0.2, 0.25) is 0 Å². The fourth-order valence-electron chi connectivity index (χ4n) is 1.70. The Kier molecular flexibility index (Phi) is 6.12. The second-order valence-electron chi connectivity index (χ2n) is 4.14. The van der Waals surface area contributed by atoms with Crippen LogP contribution in [0.2, 0.25) is 5.02 Å². The molecule has 0 aliphatic rings. The second-order valence-corrected chi connectivity index (χ2v) is 6.87. The van der Waals surface area contributed by atoms with Gasteiger partial charge in [0, 0.05) is 10.6 Å². The van der Waals surface area contributed by atoms with E-state index in [9.17, 15) is 4.79 Å². The van der Waals surface area contributed by atoms with Crippen LogP contribution in [0.3, 0.4) is 0 Å². The molecule has 0 aromatic heterocycles. The molecule has 0 heterocycles. The Morgan fingerprint density at radius 3 is 2.38 bits per heavy atom. The van der Waals surface area contributed by atoms with Crippen LogP contribution in [0.1, 0.15) is 15.9 Å². The lowest BCUT2D eigenvalue weighted by Crippen LogP contribution is -2.05. The number of carbonyl (C=O) groups excluding carboxylic acids is 1. The summed E-state index contributed by atoms with van der Waals surface area (Å²) in [5.74, 6) is 0.382. The summed E-state index contributed by atoms with van der Waals surface area (Å²) in [6.07, 6.45) is 0. The van der Waals surface area contributed by atoms with Gasteiger partial charge in [0.15, 0.2) is 0 Å². The van der Waals surface area contributed by atoms with Gasteiger partial charge in [-0.1, -0.05) is 29.8 Å². The summed E-state index contributed by atoms with van der Waals surface area (Å²) in [5, 5.41) is 0.675. The number of rotatable bonds is 4. The molecule has 21 heavy (non-hydrogen) atoms. The van der Waals surface area contributed by atoms with E-state index in [1.54, 1.807) is 12.1 Å². The van der Waals surface area contributed by atoms with Gasteiger partial charge in [-0.05, 0) is 63.4 Å². The first-order valence-electron chi connectivity index (χ1n) is 5.96. The van der Waals surface area contributed by atoms with Crippen molar-refractivity contribution in [1.29, 1.82) is 0 Å². The number of benzene rings is 2. The third-order valence-corrected chi connectivity index (χ3v) is 4.72. The van der Waals surface area contributed by atoms with Crippen molar-refractivity contribution in [1.82, 2.24) is 0 Å². The van der Waals surface area contributed by atoms with Crippen LogP contribution in [-0.4, -0.2) is 13.1 Å². The van der Waals surface area contributed by atoms with E-state index in [1.807, 2.05) is 24.3 Å². The molecule has 0 spiro atoms. The van der Waals surface area contributed by atoms with E-state index in [1.165, 1.54) is 7.11 Å². The van der Waals surface area contributed by atoms with E-state index in [4.69, 9.17) is 21.1 Å². The second kappa shape index (κ2) is 7.64. The summed E-state index contributed by atoms with van der Waals surface area (Å²) in [5.41, 5.74) is 1.43. The van der Waals surface area contributed by atoms with Crippen molar-refractivity contribution in [2.24, 2.45) is 0 Å². The van der Waals surface area contributed by atoms with Crippen molar-refractivity contribution in [3.8, 4) is 5.75 Å². The van der Waals surface area contributed by atoms with Crippen LogP contribution in [-0.2, 0) is 11.3 Å². The highest BCUT2D eigenvalue weighted by Gasteiger charge is 2.14. The quantitative estimate of drug-likeness (QED) is 0.418. The maximum atomic E-state index is 11.6. The van der Waals surface area contributed by atoms with Crippen LogP contribution in [0.4, 0.5) is 0 Å². The van der Waals surface area contributed by atoms with Crippen LogP contribution in [0.15, 0.2) is 36.4 Å². The highest BCUT2D eigenvalue weighted by molar-refractivity contribution is 14.1. The molecule has 0 unspecified atom stereocenters. The molecule has 0 aliphatic carbocycles. The zero-order valence-electron chi connectivity index (χ0n) is 11.0. The fraction of sp³-hybridized carbons (Fsp3) is 0.133. The number of ether oxygens (including phenoxy) is 2. The molecule has 0 N–H and O–H groups in total. The Balaban J connectivity index is 2.21. The molecule has 3 nitrogen and oxygen atoms in total. The van der Waals surface area contributed by atoms with Crippen molar-refractivity contribution in [2.45, 2.75) is 6.61 Å². The molecule has 0 bridgehead atoms. The van der Waals surface area contributed by atoms with E-state index in [0.29, 0.717) is 17.2 Å². The van der Waals surface area contributed by atoms with E-state index in [-0.39, 0.29) is 5.97 Å². The van der Waals surface area contributed by atoms with Crippen LogP contribution in [0.5, 0.6) is 5.75 Å². The van der Waals surface area contributed by atoms with E-state index in [2.05, 4.69) is 45.2 Å². The zero-order valence-corrected chi connectivity index (χ0v) is 16.1. The maximum Gasteiger partial charge on any atom is 0.337 e. The Morgan fingerprint density at radius 1 is 1.19 bits per heavy atom. The van der Waals surface area contributed by atoms with Crippen LogP contribution >= 0.6 is 56.8 Å². The smallest absolute Gasteiger partial charge is 0.337 e. The molecule has 110 valence electrons. The number of methoxy groups -OCH3 is 1. The Bertz CT molecular complexity index is 651. The molecular formula is C15H11ClI2O3. The van der Waals surface area contributed by atoms with Gasteiger partial charge >= 0.3 is 5.97 Å². The SMILES string of the molecule is COC(=O)c1cc(I)c(OCc2ccccc2Cl)c(I)c1. The van der Waals surface area contributed by atoms with Gasteiger partial charge in [-0.25, -0.2) is 4.79 Å². The number of hydrogen-bond donors (Lipinski definition) is 0. The lowest BCUT2D eigenvalue weighted by atomic mass is 10.2. The number of halogens is 3. The summed E-state index contributed by atoms with van der Waals surface area (Å²) in [7, 11) is 1.36. The average molecular weight is 529 g/mol. The number of esters is 1. The molecule has 0 atom stereocenters. The predicted octanol–water partition coefficient (Wildman–Crippen LogP) is 4.91. The van der Waals surface area contributed by atoms with E-state index in [0.717, 1.165) is 18.5 Å². The topological polar surface area (TPSA) is 35.5 Å². The van der Waals surface area contributed by atoms with E-state index >= 15 is 0 Å². The monoisotopic (exact) mass is 528 g/mol. The molecule has 0 saturated heterocycles. The van der Waals surface area contributed by atoms with Crippen molar-refractivity contribution >= 4 is 62.8 Å². The highest BCUT2D eigenvalue weighted by atomic mass is 127. The lowest BCUT2D eigenvalue weighted by molar-refractivity contribution is 0.0600. The Labute approximate surface area is 155 Å². The summed E-state index contributed by atoms with van der Waals surface area (Å²) in [6, 6.07) is 11.0. The minimum Gasteiger partial charge on any atom is -0.487 e. The molecular weight excluding hydrogens is 517 g/mol. The van der Waals surface area contributed by atoms with Crippen molar-refractivity contribution in [2.75, 3.05) is 7.11 Å². The molecule has 2 rings (SSSR count). The fourth-order valence-corrected chi connectivity index (χ4v) is 3.97. The highest BCUT2D eigenvalue weighted by Crippen LogP contribution is 2.30. The lowest BCUT2D eigenvalue weighted by Gasteiger charge is -2.12. The largest absolute Gasteiger partial charge is 0.487 e. The predicted molar refractivity (Wildman–Crippen MR) is 99.0 cm³/mol. The number of carbonyl (C=O) groups is 1. The number of hydrogen-bond acceptors (Lipinski definition) is 3. The van der Waals surface area contributed by atoms with Crippen molar-refractivity contribution in [3.05, 3.63) is 59.7 Å². The van der Waals surface area contributed by atoms with Crippen LogP contribution in [0, 0.1) is 7.14 Å². The first-order valence-corrected chi connectivity index (χ1v) is 8.50. The normalized spacial score (nSPS) is 10.3. The van der Waals surface area contributed by atoms with Gasteiger partial charge in [0.25, 0.3) is 0 Å². The molecule has 0 fully saturated rings. The van der Waals surface area contributed by atoms with Crippen molar-refractivity contribution in [3.63, 3.8) is 0 Å². The molecule has 0 radical (unpaired) electrons. The molecule has 0 aliphatic heterocycles. The van der Waals surface area contributed by atoms with Gasteiger partial charge in [0.05, 0.1) is 19.8 Å². The molecule has 0 saturated carbocycles.